The maximum absolute atomic E-state index is 13.0. The summed E-state index contributed by atoms with van der Waals surface area (Å²) in [7, 11) is 0. The summed E-state index contributed by atoms with van der Waals surface area (Å²) in [5.41, 5.74) is 4.17. The van der Waals surface area contributed by atoms with Crippen LogP contribution in [0.15, 0.2) is 47.4 Å². The number of benzene rings is 2. The van der Waals surface area contributed by atoms with Crippen LogP contribution in [0.4, 0.5) is 0 Å². The van der Waals surface area contributed by atoms with Gasteiger partial charge in [0.05, 0.1) is 0 Å². The second-order valence-electron chi connectivity index (χ2n) is 9.29. The first-order chi connectivity index (χ1) is 16.0. The van der Waals surface area contributed by atoms with E-state index in [1.165, 1.54) is 24.0 Å². The Morgan fingerprint density at radius 2 is 1.82 bits per heavy atom. The van der Waals surface area contributed by atoms with E-state index < -0.39 is 6.04 Å². The fraction of sp³-hybridized carbons (Fsp3) is 0.423. The molecule has 2 aromatic carbocycles. The lowest BCUT2D eigenvalue weighted by molar-refractivity contribution is -0.136. The van der Waals surface area contributed by atoms with Crippen LogP contribution in [-0.2, 0) is 28.4 Å². The molecule has 3 amide bonds. The summed E-state index contributed by atoms with van der Waals surface area (Å²) in [6.07, 6.45) is 3.35. The molecule has 0 aromatic heterocycles. The van der Waals surface area contributed by atoms with Gasteiger partial charge in [0, 0.05) is 41.8 Å². The Balaban J connectivity index is 1.21. The van der Waals surface area contributed by atoms with Gasteiger partial charge in [0.1, 0.15) is 6.04 Å². The molecule has 2 atom stereocenters. The van der Waals surface area contributed by atoms with Crippen molar-refractivity contribution >= 4 is 29.5 Å². The molecule has 172 valence electrons. The summed E-state index contributed by atoms with van der Waals surface area (Å²) in [4.78, 5) is 39.4. The summed E-state index contributed by atoms with van der Waals surface area (Å²) in [6, 6.07) is 14.5. The third-order valence-electron chi connectivity index (χ3n) is 6.91. The molecule has 33 heavy (non-hydrogen) atoms. The number of nitrogens with zero attached hydrogens (tertiary/aromatic N) is 1. The molecular weight excluding hydrogens is 434 g/mol. The largest absolute Gasteiger partial charge is 0.322 e. The maximum atomic E-state index is 13.0. The highest BCUT2D eigenvalue weighted by molar-refractivity contribution is 7.98. The van der Waals surface area contributed by atoms with Crippen molar-refractivity contribution in [2.45, 2.75) is 68.4 Å². The van der Waals surface area contributed by atoms with Crippen LogP contribution in [-0.4, -0.2) is 34.7 Å². The van der Waals surface area contributed by atoms with E-state index >= 15 is 0 Å². The quantitative estimate of drug-likeness (QED) is 0.462. The Morgan fingerprint density at radius 1 is 1.06 bits per heavy atom. The van der Waals surface area contributed by atoms with Crippen molar-refractivity contribution in [2.75, 3.05) is 0 Å². The average molecular weight is 464 g/mol. The highest BCUT2D eigenvalue weighted by atomic mass is 32.2. The first kappa shape index (κ1) is 22.2. The van der Waals surface area contributed by atoms with Gasteiger partial charge in [-0.05, 0) is 60.9 Å². The van der Waals surface area contributed by atoms with Crippen LogP contribution in [0.1, 0.15) is 59.7 Å². The topological polar surface area (TPSA) is 78.5 Å². The van der Waals surface area contributed by atoms with E-state index in [0.717, 1.165) is 28.7 Å². The molecule has 5 rings (SSSR count). The Labute approximate surface area is 198 Å². The molecule has 6 nitrogen and oxygen atoms in total. The van der Waals surface area contributed by atoms with Gasteiger partial charge in [-0.3, -0.25) is 19.7 Å². The zero-order valence-electron chi connectivity index (χ0n) is 18.8. The number of thioether (sulfide) groups is 1. The van der Waals surface area contributed by atoms with Gasteiger partial charge in [-0.2, -0.15) is 0 Å². The normalized spacial score (nSPS) is 21.2. The van der Waals surface area contributed by atoms with Crippen molar-refractivity contribution in [1.82, 2.24) is 15.5 Å². The Morgan fingerprint density at radius 3 is 2.55 bits per heavy atom. The monoisotopic (exact) mass is 463 g/mol. The summed E-state index contributed by atoms with van der Waals surface area (Å²) < 4.78 is 0. The summed E-state index contributed by atoms with van der Waals surface area (Å²) >= 11 is 1.72. The molecule has 1 saturated heterocycles. The Bertz CT molecular complexity index is 1080. The summed E-state index contributed by atoms with van der Waals surface area (Å²) in [5, 5.41) is 5.98. The minimum Gasteiger partial charge on any atom is -0.322 e. The number of imide groups is 1. The molecule has 2 fully saturated rings. The molecule has 0 radical (unpaired) electrons. The number of rotatable bonds is 8. The minimum atomic E-state index is -0.579. The van der Waals surface area contributed by atoms with Gasteiger partial charge in [-0.1, -0.05) is 30.3 Å². The van der Waals surface area contributed by atoms with E-state index in [2.05, 4.69) is 41.8 Å². The van der Waals surface area contributed by atoms with Gasteiger partial charge in [0.15, 0.2) is 0 Å². The molecule has 0 spiro atoms. The molecular formula is C26H29N3O3S. The molecule has 0 bridgehead atoms. The molecule has 7 heteroatoms. The number of amides is 3. The predicted molar refractivity (Wildman–Crippen MR) is 128 cm³/mol. The van der Waals surface area contributed by atoms with Crippen molar-refractivity contribution < 1.29 is 14.4 Å². The van der Waals surface area contributed by atoms with Gasteiger partial charge in [0.2, 0.25) is 11.8 Å². The lowest BCUT2D eigenvalue weighted by Crippen LogP contribution is -2.52. The lowest BCUT2D eigenvalue weighted by atomic mass is 10.0. The van der Waals surface area contributed by atoms with Crippen molar-refractivity contribution in [1.29, 1.82) is 0 Å². The molecule has 2 N–H and O–H groups in total. The summed E-state index contributed by atoms with van der Waals surface area (Å²) in [5.74, 6) is 0.902. The van der Waals surface area contributed by atoms with Crippen molar-refractivity contribution in [3.05, 3.63) is 64.7 Å². The van der Waals surface area contributed by atoms with Gasteiger partial charge in [-0.25, -0.2) is 0 Å². The Kier molecular flexibility index (Phi) is 6.25. The van der Waals surface area contributed by atoms with E-state index in [1.54, 1.807) is 16.7 Å². The van der Waals surface area contributed by atoms with Crippen LogP contribution in [0, 0.1) is 5.92 Å². The van der Waals surface area contributed by atoms with Gasteiger partial charge < -0.3 is 10.2 Å². The molecule has 2 aromatic rings. The first-order valence-corrected chi connectivity index (χ1v) is 12.7. The number of piperidine rings is 1. The van der Waals surface area contributed by atoms with E-state index in [0.29, 0.717) is 24.6 Å². The smallest absolute Gasteiger partial charge is 0.255 e. The molecule has 1 saturated carbocycles. The first-order valence-electron chi connectivity index (χ1n) is 11.7. The zero-order chi connectivity index (χ0) is 22.9. The molecule has 2 heterocycles. The standard InChI is InChI=1S/C26H29N3O3S/c1-16(19-9-10-19)27-13-17-5-7-18(8-6-17)15-33-23-4-2-3-20-21(23)14-29(26(20)32)22-11-12-24(30)28-25(22)31/h2-8,16,19,22,27H,9-15H2,1H3,(H,28,30,31). The Hall–Kier alpha value is -2.64. The van der Waals surface area contributed by atoms with Crippen molar-refractivity contribution in [3.8, 4) is 0 Å². The van der Waals surface area contributed by atoms with Gasteiger partial charge >= 0.3 is 0 Å². The highest BCUT2D eigenvalue weighted by Gasteiger charge is 2.39. The van der Waals surface area contributed by atoms with Crippen molar-refractivity contribution in [3.63, 3.8) is 0 Å². The number of hydrogen-bond donors (Lipinski definition) is 2. The van der Waals surface area contributed by atoms with Gasteiger partial charge in [-0.15, -0.1) is 11.8 Å². The molecule has 3 aliphatic rings. The third-order valence-corrected chi connectivity index (χ3v) is 8.08. The van der Waals surface area contributed by atoms with Crippen LogP contribution in [0.2, 0.25) is 0 Å². The fourth-order valence-corrected chi connectivity index (χ4v) is 5.69. The van der Waals surface area contributed by atoms with E-state index in [9.17, 15) is 14.4 Å². The second-order valence-corrected chi connectivity index (χ2v) is 10.3. The summed E-state index contributed by atoms with van der Waals surface area (Å²) in [6.45, 7) is 3.58. The maximum Gasteiger partial charge on any atom is 0.255 e. The minimum absolute atomic E-state index is 0.126. The highest BCUT2D eigenvalue weighted by Crippen LogP contribution is 2.36. The second kappa shape index (κ2) is 9.31. The van der Waals surface area contributed by atoms with E-state index in [4.69, 9.17) is 0 Å². The number of carbonyl (C=O) groups is 3. The number of hydrogen-bond acceptors (Lipinski definition) is 5. The molecule has 1 aliphatic carbocycles. The zero-order valence-corrected chi connectivity index (χ0v) is 19.6. The average Bonchev–Trinajstić information content (AvgIpc) is 3.61. The molecule has 2 aliphatic heterocycles. The number of fused-ring (bicyclic) bond motifs is 1. The SMILES string of the molecule is CC(NCc1ccc(CSc2cccc3c2CN(C2CCC(=O)NC2=O)C3=O)cc1)C1CC1. The van der Waals surface area contributed by atoms with E-state index in [-0.39, 0.29) is 24.1 Å². The molecule has 2 unspecified atom stereocenters. The van der Waals surface area contributed by atoms with Crippen LogP contribution in [0.25, 0.3) is 0 Å². The van der Waals surface area contributed by atoms with Crippen LogP contribution >= 0.6 is 11.8 Å². The van der Waals surface area contributed by atoms with Crippen molar-refractivity contribution in [2.24, 2.45) is 5.92 Å². The number of nitrogens with one attached hydrogen (secondary N) is 2. The van der Waals surface area contributed by atoms with Crippen LogP contribution < -0.4 is 10.6 Å². The van der Waals surface area contributed by atoms with E-state index in [1.807, 2.05) is 18.2 Å². The van der Waals surface area contributed by atoms with Crippen LogP contribution in [0.5, 0.6) is 0 Å². The fourth-order valence-electron chi connectivity index (χ4n) is 4.65. The van der Waals surface area contributed by atoms with Gasteiger partial charge in [0.25, 0.3) is 5.91 Å². The third kappa shape index (κ3) is 4.84. The predicted octanol–water partition coefficient (Wildman–Crippen LogP) is 3.63. The van der Waals surface area contributed by atoms with Crippen LogP contribution in [0.3, 0.4) is 0 Å². The lowest BCUT2D eigenvalue weighted by Gasteiger charge is -2.29. The number of carbonyl (C=O) groups excluding carboxylic acids is 3.